The fourth-order valence-electron chi connectivity index (χ4n) is 2.31. The summed E-state index contributed by atoms with van der Waals surface area (Å²) in [6.07, 6.45) is 12.7. The number of hydrogen-bond acceptors (Lipinski definition) is 3. The molecule has 0 heterocycles. The predicted octanol–water partition coefficient (Wildman–Crippen LogP) is 3.33. The molecule has 0 saturated heterocycles. The summed E-state index contributed by atoms with van der Waals surface area (Å²) in [6.45, 7) is 3.14. The molecule has 0 atom stereocenters. The molecule has 0 radical (unpaired) electrons. The van der Waals surface area contributed by atoms with E-state index in [1.807, 2.05) is 0 Å². The number of nitrogens with one attached hydrogen (secondary N) is 1. The normalized spacial score (nSPS) is 10.6. The van der Waals surface area contributed by atoms with Gasteiger partial charge in [-0.05, 0) is 39.2 Å². The molecule has 0 aliphatic rings. The highest BCUT2D eigenvalue weighted by Gasteiger charge is 1.99. The fourth-order valence-corrected chi connectivity index (χ4v) is 2.31. The van der Waals surface area contributed by atoms with Crippen molar-refractivity contribution in [1.29, 1.82) is 0 Å². The second-order valence-electron chi connectivity index (χ2n) is 5.88. The predicted molar refractivity (Wildman–Crippen MR) is 88.1 cm³/mol. The Hall–Kier alpha value is -0.900. The van der Waals surface area contributed by atoms with Gasteiger partial charge in [-0.3, -0.25) is 4.79 Å². The highest BCUT2D eigenvalue weighted by molar-refractivity contribution is 5.75. The lowest BCUT2D eigenvalue weighted by molar-refractivity contribution is -0.121. The van der Waals surface area contributed by atoms with E-state index in [2.05, 4.69) is 5.32 Å². The second kappa shape index (κ2) is 15.5. The monoisotopic (exact) mass is 298 g/mol. The SMILES string of the molecule is CC(=O)CCCCCCCCCCNC(=O)CCCCN. The zero-order valence-electron chi connectivity index (χ0n) is 13.8. The van der Waals surface area contributed by atoms with E-state index in [9.17, 15) is 9.59 Å². The van der Waals surface area contributed by atoms with Gasteiger partial charge in [0.25, 0.3) is 0 Å². The molecule has 0 aliphatic heterocycles. The van der Waals surface area contributed by atoms with E-state index in [4.69, 9.17) is 5.73 Å². The Morgan fingerprint density at radius 1 is 0.762 bits per heavy atom. The Labute approximate surface area is 130 Å². The summed E-state index contributed by atoms with van der Waals surface area (Å²) >= 11 is 0. The maximum Gasteiger partial charge on any atom is 0.219 e. The van der Waals surface area contributed by atoms with Crippen LogP contribution in [0.2, 0.25) is 0 Å². The van der Waals surface area contributed by atoms with E-state index < -0.39 is 0 Å². The Kier molecular flexibility index (Phi) is 14.8. The van der Waals surface area contributed by atoms with Crippen LogP contribution in [0.15, 0.2) is 0 Å². The van der Waals surface area contributed by atoms with Gasteiger partial charge >= 0.3 is 0 Å². The van der Waals surface area contributed by atoms with Gasteiger partial charge in [0.05, 0.1) is 0 Å². The van der Waals surface area contributed by atoms with Gasteiger partial charge in [-0.2, -0.15) is 0 Å². The average molecular weight is 298 g/mol. The molecule has 0 aromatic heterocycles. The van der Waals surface area contributed by atoms with Gasteiger partial charge in [0, 0.05) is 19.4 Å². The third-order valence-corrected chi connectivity index (χ3v) is 3.64. The van der Waals surface area contributed by atoms with Crippen LogP contribution in [-0.4, -0.2) is 24.8 Å². The molecule has 0 bridgehead atoms. The van der Waals surface area contributed by atoms with Crippen molar-refractivity contribution in [1.82, 2.24) is 5.32 Å². The van der Waals surface area contributed by atoms with Gasteiger partial charge in [-0.1, -0.05) is 38.5 Å². The summed E-state index contributed by atoms with van der Waals surface area (Å²) in [4.78, 5) is 22.2. The first-order chi connectivity index (χ1) is 10.2. The number of rotatable bonds is 15. The van der Waals surface area contributed by atoms with Gasteiger partial charge in [-0.25, -0.2) is 0 Å². The minimum absolute atomic E-state index is 0.161. The first-order valence-corrected chi connectivity index (χ1v) is 8.63. The molecule has 0 rings (SSSR count). The van der Waals surface area contributed by atoms with E-state index in [1.54, 1.807) is 6.92 Å². The Morgan fingerprint density at radius 2 is 1.29 bits per heavy atom. The quantitative estimate of drug-likeness (QED) is 0.455. The van der Waals surface area contributed by atoms with Crippen LogP contribution in [0.1, 0.15) is 84.0 Å². The van der Waals surface area contributed by atoms with Crippen LogP contribution in [0.25, 0.3) is 0 Å². The second-order valence-corrected chi connectivity index (χ2v) is 5.88. The topological polar surface area (TPSA) is 72.2 Å². The lowest BCUT2D eigenvalue weighted by Gasteiger charge is -2.05. The molecule has 0 fully saturated rings. The first-order valence-electron chi connectivity index (χ1n) is 8.63. The number of ketones is 1. The summed E-state index contributed by atoms with van der Waals surface area (Å²) < 4.78 is 0. The van der Waals surface area contributed by atoms with Crippen molar-refractivity contribution in [3.63, 3.8) is 0 Å². The molecule has 124 valence electrons. The van der Waals surface area contributed by atoms with Crippen LogP contribution in [0.5, 0.6) is 0 Å². The zero-order valence-corrected chi connectivity index (χ0v) is 13.8. The van der Waals surface area contributed by atoms with Crippen molar-refractivity contribution in [2.45, 2.75) is 84.0 Å². The van der Waals surface area contributed by atoms with Gasteiger partial charge in [0.2, 0.25) is 5.91 Å². The molecule has 0 aromatic rings. The van der Waals surface area contributed by atoms with Crippen LogP contribution in [-0.2, 0) is 9.59 Å². The van der Waals surface area contributed by atoms with Crippen molar-refractivity contribution < 1.29 is 9.59 Å². The Balaban J connectivity index is 3.11. The van der Waals surface area contributed by atoms with Gasteiger partial charge in [0.15, 0.2) is 0 Å². The molecule has 0 aliphatic carbocycles. The van der Waals surface area contributed by atoms with Gasteiger partial charge < -0.3 is 15.8 Å². The molecule has 3 N–H and O–H groups in total. The van der Waals surface area contributed by atoms with E-state index in [1.165, 1.54) is 38.5 Å². The average Bonchev–Trinajstić information content (AvgIpc) is 2.44. The van der Waals surface area contributed by atoms with Crippen LogP contribution < -0.4 is 11.1 Å². The number of hydrogen-bond donors (Lipinski definition) is 2. The Bertz CT molecular complexity index is 268. The molecule has 4 nitrogen and oxygen atoms in total. The molecular weight excluding hydrogens is 264 g/mol. The third-order valence-electron chi connectivity index (χ3n) is 3.64. The summed E-state index contributed by atoms with van der Waals surface area (Å²) in [6, 6.07) is 0. The number of unbranched alkanes of at least 4 members (excludes halogenated alkanes) is 8. The number of carbonyl (C=O) groups is 2. The molecule has 0 unspecified atom stereocenters. The molecular formula is C17H34N2O2. The minimum atomic E-state index is 0.161. The summed E-state index contributed by atoms with van der Waals surface area (Å²) in [5.74, 6) is 0.467. The van der Waals surface area contributed by atoms with Crippen molar-refractivity contribution in [2.24, 2.45) is 5.73 Å². The molecule has 21 heavy (non-hydrogen) atoms. The Morgan fingerprint density at radius 3 is 1.86 bits per heavy atom. The van der Waals surface area contributed by atoms with Crippen molar-refractivity contribution >= 4 is 11.7 Å². The molecule has 1 amide bonds. The van der Waals surface area contributed by atoms with E-state index in [0.29, 0.717) is 18.7 Å². The highest BCUT2D eigenvalue weighted by atomic mass is 16.1. The standard InChI is InChI=1S/C17H34N2O2/c1-16(20)12-8-6-4-2-3-5-7-11-15-19-17(21)13-9-10-14-18/h2-15,18H2,1H3,(H,19,21). The molecule has 0 aromatic carbocycles. The smallest absolute Gasteiger partial charge is 0.219 e. The summed E-state index contributed by atoms with van der Waals surface area (Å²) in [5.41, 5.74) is 5.39. The summed E-state index contributed by atoms with van der Waals surface area (Å²) in [7, 11) is 0. The number of Topliss-reactive ketones (excluding diaryl/α,β-unsaturated/α-hetero) is 1. The minimum Gasteiger partial charge on any atom is -0.356 e. The van der Waals surface area contributed by atoms with E-state index >= 15 is 0 Å². The maximum atomic E-state index is 11.4. The largest absolute Gasteiger partial charge is 0.356 e. The fraction of sp³-hybridized carbons (Fsp3) is 0.882. The number of nitrogens with two attached hydrogens (primary N) is 1. The highest BCUT2D eigenvalue weighted by Crippen LogP contribution is 2.09. The zero-order chi connectivity index (χ0) is 15.8. The number of amides is 1. The molecule has 4 heteroatoms. The van der Waals surface area contributed by atoms with Gasteiger partial charge in [0.1, 0.15) is 5.78 Å². The van der Waals surface area contributed by atoms with Crippen LogP contribution in [0.4, 0.5) is 0 Å². The first kappa shape index (κ1) is 20.1. The van der Waals surface area contributed by atoms with Crippen molar-refractivity contribution in [3.8, 4) is 0 Å². The lowest BCUT2D eigenvalue weighted by atomic mass is 10.1. The summed E-state index contributed by atoms with van der Waals surface area (Å²) in [5, 5.41) is 2.96. The van der Waals surface area contributed by atoms with Crippen LogP contribution in [0.3, 0.4) is 0 Å². The van der Waals surface area contributed by atoms with Crippen LogP contribution in [0, 0.1) is 0 Å². The van der Waals surface area contributed by atoms with Crippen LogP contribution >= 0.6 is 0 Å². The van der Waals surface area contributed by atoms with Gasteiger partial charge in [-0.15, -0.1) is 0 Å². The van der Waals surface area contributed by atoms with E-state index in [0.717, 1.165) is 38.6 Å². The van der Waals surface area contributed by atoms with Crippen molar-refractivity contribution in [3.05, 3.63) is 0 Å². The van der Waals surface area contributed by atoms with Crippen molar-refractivity contribution in [2.75, 3.05) is 13.1 Å². The molecule has 0 saturated carbocycles. The maximum absolute atomic E-state index is 11.4. The lowest BCUT2D eigenvalue weighted by Crippen LogP contribution is -2.24. The molecule has 0 spiro atoms. The number of carbonyl (C=O) groups excluding carboxylic acids is 2. The van der Waals surface area contributed by atoms with E-state index in [-0.39, 0.29) is 5.91 Å². The third kappa shape index (κ3) is 17.0.